The fraction of sp³-hybridized carbons (Fsp3) is 0.588. The predicted octanol–water partition coefficient (Wildman–Crippen LogP) is 1.89. The molecule has 3 heterocycles. The number of benzene rings is 1. The Balaban J connectivity index is 1.49. The molecule has 0 spiro atoms. The lowest BCUT2D eigenvalue weighted by molar-refractivity contribution is -0.125. The Morgan fingerprint density at radius 3 is 2.67 bits per heavy atom. The van der Waals surface area contributed by atoms with E-state index in [1.165, 1.54) is 37.1 Å². The number of carbonyl (C=O) groups excluding carboxylic acids is 1. The summed E-state index contributed by atoms with van der Waals surface area (Å²) < 4.78 is 5.60. The summed E-state index contributed by atoms with van der Waals surface area (Å²) in [5.74, 6) is 1.41. The second-order valence-electron chi connectivity index (χ2n) is 6.35. The maximum absolute atomic E-state index is 12.1. The van der Waals surface area contributed by atoms with Crippen LogP contribution in [-0.2, 0) is 4.79 Å². The van der Waals surface area contributed by atoms with Gasteiger partial charge in [-0.3, -0.25) is 4.79 Å². The van der Waals surface area contributed by atoms with Crippen LogP contribution < -0.4 is 10.1 Å². The van der Waals surface area contributed by atoms with E-state index in [-0.39, 0.29) is 12.5 Å². The van der Waals surface area contributed by atoms with Crippen LogP contribution in [0.25, 0.3) is 0 Å². The van der Waals surface area contributed by atoms with E-state index in [0.717, 1.165) is 12.3 Å². The topological polar surface area (TPSA) is 41.6 Å². The van der Waals surface area contributed by atoms with Gasteiger partial charge in [0.05, 0.1) is 0 Å². The van der Waals surface area contributed by atoms with Gasteiger partial charge in [0.25, 0.3) is 5.91 Å². The Labute approximate surface area is 126 Å². The van der Waals surface area contributed by atoms with Crippen molar-refractivity contribution in [2.75, 3.05) is 26.2 Å². The van der Waals surface area contributed by atoms with Crippen molar-refractivity contribution in [2.45, 2.75) is 32.7 Å². The third-order valence-electron chi connectivity index (χ3n) is 4.85. The maximum atomic E-state index is 12.1. The summed E-state index contributed by atoms with van der Waals surface area (Å²) in [5, 5.41) is 3.14. The highest BCUT2D eigenvalue weighted by Gasteiger charge is 2.34. The van der Waals surface area contributed by atoms with Gasteiger partial charge < -0.3 is 15.0 Å². The smallest absolute Gasteiger partial charge is 0.258 e. The molecule has 1 unspecified atom stereocenters. The summed E-state index contributed by atoms with van der Waals surface area (Å²) in [6, 6.07) is 6.24. The minimum absolute atomic E-state index is 0.00743. The lowest BCUT2D eigenvalue weighted by Crippen LogP contribution is -2.57. The zero-order valence-corrected chi connectivity index (χ0v) is 12.9. The van der Waals surface area contributed by atoms with Crippen LogP contribution in [-0.4, -0.2) is 43.1 Å². The molecule has 21 heavy (non-hydrogen) atoms. The van der Waals surface area contributed by atoms with Crippen LogP contribution >= 0.6 is 0 Å². The maximum Gasteiger partial charge on any atom is 0.258 e. The van der Waals surface area contributed by atoms with Crippen molar-refractivity contribution >= 4 is 5.91 Å². The quantitative estimate of drug-likeness (QED) is 0.920. The molecule has 1 aromatic carbocycles. The first-order chi connectivity index (χ1) is 10.1. The van der Waals surface area contributed by atoms with Gasteiger partial charge in [0.15, 0.2) is 6.61 Å². The van der Waals surface area contributed by atoms with Crippen LogP contribution in [0.3, 0.4) is 0 Å². The molecule has 1 amide bonds. The number of nitrogens with zero attached hydrogens (tertiary/aromatic N) is 1. The first-order valence-corrected chi connectivity index (χ1v) is 7.83. The van der Waals surface area contributed by atoms with Crippen molar-refractivity contribution < 1.29 is 9.53 Å². The minimum Gasteiger partial charge on any atom is -0.484 e. The average molecular weight is 288 g/mol. The van der Waals surface area contributed by atoms with E-state index in [9.17, 15) is 4.79 Å². The Morgan fingerprint density at radius 1 is 1.29 bits per heavy atom. The van der Waals surface area contributed by atoms with Crippen molar-refractivity contribution in [3.8, 4) is 5.75 Å². The fourth-order valence-electron chi connectivity index (χ4n) is 3.33. The van der Waals surface area contributed by atoms with Gasteiger partial charge in [0, 0.05) is 12.6 Å². The number of ether oxygens (including phenoxy) is 1. The average Bonchev–Trinajstić information content (AvgIpc) is 2.50. The van der Waals surface area contributed by atoms with E-state index in [1.807, 2.05) is 18.2 Å². The molecule has 3 saturated heterocycles. The molecule has 4 heteroatoms. The van der Waals surface area contributed by atoms with Gasteiger partial charge in [0.2, 0.25) is 0 Å². The van der Waals surface area contributed by atoms with Gasteiger partial charge in [-0.05, 0) is 69.0 Å². The Hall–Kier alpha value is -1.55. The molecule has 4 nitrogen and oxygen atoms in total. The number of aryl methyl sites for hydroxylation is 2. The molecule has 4 rings (SSSR count). The van der Waals surface area contributed by atoms with E-state index >= 15 is 0 Å². The number of hydrogen-bond acceptors (Lipinski definition) is 3. The van der Waals surface area contributed by atoms with Crippen LogP contribution in [0, 0.1) is 19.8 Å². The highest BCUT2D eigenvalue weighted by molar-refractivity contribution is 5.78. The van der Waals surface area contributed by atoms with E-state index in [4.69, 9.17) is 4.74 Å². The third kappa shape index (κ3) is 3.38. The molecule has 114 valence electrons. The van der Waals surface area contributed by atoms with Crippen LogP contribution in [0.1, 0.15) is 24.0 Å². The van der Waals surface area contributed by atoms with Gasteiger partial charge in [-0.1, -0.05) is 6.07 Å². The molecule has 3 aliphatic heterocycles. The molecule has 1 aromatic rings. The normalized spacial score (nSPS) is 27.4. The number of carbonyl (C=O) groups is 1. The lowest BCUT2D eigenvalue weighted by atomic mass is 9.84. The monoisotopic (exact) mass is 288 g/mol. The summed E-state index contributed by atoms with van der Waals surface area (Å²) in [6.45, 7) is 7.60. The summed E-state index contributed by atoms with van der Waals surface area (Å²) >= 11 is 0. The van der Waals surface area contributed by atoms with Crippen molar-refractivity contribution in [1.82, 2.24) is 10.2 Å². The summed E-state index contributed by atoms with van der Waals surface area (Å²) in [4.78, 5) is 14.5. The first kappa shape index (κ1) is 14.4. The fourth-order valence-corrected chi connectivity index (χ4v) is 3.33. The minimum atomic E-state index is -0.00743. The standard InChI is InChI=1S/C17H24N2O2/c1-12-3-4-15(9-13(12)2)21-11-17(20)18-16-10-19-7-5-14(16)6-8-19/h3-4,9,14,16H,5-8,10-11H2,1-2H3,(H,18,20). The number of piperidine rings is 3. The number of nitrogens with one attached hydrogen (secondary N) is 1. The predicted molar refractivity (Wildman–Crippen MR) is 82.5 cm³/mol. The third-order valence-corrected chi connectivity index (χ3v) is 4.85. The van der Waals surface area contributed by atoms with Crippen LogP contribution in [0.5, 0.6) is 5.75 Å². The van der Waals surface area contributed by atoms with E-state index in [0.29, 0.717) is 12.0 Å². The Morgan fingerprint density at radius 2 is 2.05 bits per heavy atom. The van der Waals surface area contributed by atoms with Crippen molar-refractivity contribution in [3.05, 3.63) is 29.3 Å². The molecular formula is C17H24N2O2. The van der Waals surface area contributed by atoms with Gasteiger partial charge >= 0.3 is 0 Å². The first-order valence-electron chi connectivity index (χ1n) is 7.83. The second kappa shape index (κ2) is 6.06. The van der Waals surface area contributed by atoms with Crippen molar-refractivity contribution in [1.29, 1.82) is 0 Å². The van der Waals surface area contributed by atoms with Crippen LogP contribution in [0.4, 0.5) is 0 Å². The largest absolute Gasteiger partial charge is 0.484 e. The molecule has 1 N–H and O–H groups in total. The molecule has 0 saturated carbocycles. The zero-order chi connectivity index (χ0) is 14.8. The molecule has 0 aliphatic carbocycles. The number of hydrogen-bond donors (Lipinski definition) is 1. The molecule has 1 atom stereocenters. The van der Waals surface area contributed by atoms with Gasteiger partial charge in [-0.25, -0.2) is 0 Å². The van der Waals surface area contributed by atoms with Gasteiger partial charge in [-0.15, -0.1) is 0 Å². The zero-order valence-electron chi connectivity index (χ0n) is 12.9. The lowest BCUT2D eigenvalue weighted by Gasteiger charge is -2.44. The SMILES string of the molecule is Cc1ccc(OCC(=O)NC2CN3CCC2CC3)cc1C. The van der Waals surface area contributed by atoms with Crippen molar-refractivity contribution in [3.63, 3.8) is 0 Å². The van der Waals surface area contributed by atoms with Gasteiger partial charge in [-0.2, -0.15) is 0 Å². The van der Waals surface area contributed by atoms with E-state index < -0.39 is 0 Å². The Kier molecular flexibility index (Phi) is 4.15. The summed E-state index contributed by atoms with van der Waals surface area (Å²) in [7, 11) is 0. The van der Waals surface area contributed by atoms with E-state index in [2.05, 4.69) is 24.1 Å². The molecule has 2 bridgehead atoms. The molecule has 3 aliphatic rings. The van der Waals surface area contributed by atoms with Gasteiger partial charge in [0.1, 0.15) is 5.75 Å². The highest BCUT2D eigenvalue weighted by Crippen LogP contribution is 2.27. The molecule has 0 aromatic heterocycles. The number of amides is 1. The molecule has 0 radical (unpaired) electrons. The summed E-state index contributed by atoms with van der Waals surface area (Å²) in [5.41, 5.74) is 2.42. The Bertz CT molecular complexity index is 522. The van der Waals surface area contributed by atoms with Crippen LogP contribution in [0.15, 0.2) is 18.2 Å². The van der Waals surface area contributed by atoms with E-state index in [1.54, 1.807) is 0 Å². The van der Waals surface area contributed by atoms with Crippen molar-refractivity contribution in [2.24, 2.45) is 5.92 Å². The number of fused-ring (bicyclic) bond motifs is 3. The molecule has 3 fully saturated rings. The number of rotatable bonds is 4. The highest BCUT2D eigenvalue weighted by atomic mass is 16.5. The summed E-state index contributed by atoms with van der Waals surface area (Å²) in [6.07, 6.45) is 2.42. The molecular weight excluding hydrogens is 264 g/mol. The van der Waals surface area contributed by atoms with Crippen LogP contribution in [0.2, 0.25) is 0 Å². The second-order valence-corrected chi connectivity index (χ2v) is 6.35.